The van der Waals surface area contributed by atoms with Gasteiger partial charge in [-0.2, -0.15) is 0 Å². The number of amides is 2. The van der Waals surface area contributed by atoms with Crippen LogP contribution in [0, 0.1) is 11.2 Å². The molecule has 1 aliphatic carbocycles. The normalized spacial score (nSPS) is 19.6. The monoisotopic (exact) mass is 398 g/mol. The molecule has 1 saturated heterocycles. The largest absolute Gasteiger partial charge is 0.497 e. The summed E-state index contributed by atoms with van der Waals surface area (Å²) in [4.78, 5) is 19.3. The highest BCUT2D eigenvalue weighted by molar-refractivity contribution is 5.74. The SMILES string of the molecule is COc1ccc(CNC(=O)N(Cc2ccc(F)cn2)C2CCNCC23CC3)cc1. The molecule has 6 nitrogen and oxygen atoms in total. The maximum atomic E-state index is 13.3. The molecule has 1 unspecified atom stereocenters. The number of methoxy groups -OCH3 is 1. The number of halogens is 1. The highest BCUT2D eigenvalue weighted by Gasteiger charge is 2.53. The number of ether oxygens (including phenoxy) is 1. The van der Waals surface area contributed by atoms with Crippen LogP contribution in [0.25, 0.3) is 0 Å². The molecule has 1 saturated carbocycles. The molecule has 0 radical (unpaired) electrons. The van der Waals surface area contributed by atoms with E-state index in [1.54, 1.807) is 13.2 Å². The molecular formula is C22H27FN4O2. The average molecular weight is 398 g/mol. The van der Waals surface area contributed by atoms with Crippen LogP contribution in [-0.4, -0.2) is 42.2 Å². The van der Waals surface area contributed by atoms with Gasteiger partial charge in [-0.05, 0) is 55.6 Å². The van der Waals surface area contributed by atoms with E-state index in [2.05, 4.69) is 15.6 Å². The lowest BCUT2D eigenvalue weighted by Gasteiger charge is -2.40. The first kappa shape index (κ1) is 19.6. The molecule has 1 aromatic carbocycles. The molecule has 29 heavy (non-hydrogen) atoms. The van der Waals surface area contributed by atoms with Crippen LogP contribution < -0.4 is 15.4 Å². The van der Waals surface area contributed by atoms with Crippen LogP contribution in [0.5, 0.6) is 5.75 Å². The van der Waals surface area contributed by atoms with Crippen LogP contribution in [-0.2, 0) is 13.1 Å². The van der Waals surface area contributed by atoms with Gasteiger partial charge >= 0.3 is 6.03 Å². The topological polar surface area (TPSA) is 66.5 Å². The molecule has 0 bridgehead atoms. The fraction of sp³-hybridized carbons (Fsp3) is 0.455. The molecule has 2 aliphatic rings. The third kappa shape index (κ3) is 4.50. The van der Waals surface area contributed by atoms with Crippen LogP contribution >= 0.6 is 0 Å². The van der Waals surface area contributed by atoms with E-state index >= 15 is 0 Å². The Morgan fingerprint density at radius 3 is 2.76 bits per heavy atom. The number of carbonyl (C=O) groups excluding carboxylic acids is 1. The van der Waals surface area contributed by atoms with Crippen molar-refractivity contribution in [3.05, 3.63) is 59.7 Å². The maximum Gasteiger partial charge on any atom is 0.318 e. The van der Waals surface area contributed by atoms with E-state index in [4.69, 9.17) is 4.74 Å². The fourth-order valence-electron chi connectivity index (χ4n) is 4.18. The van der Waals surface area contributed by atoms with E-state index in [-0.39, 0.29) is 23.3 Å². The zero-order chi connectivity index (χ0) is 20.3. The van der Waals surface area contributed by atoms with Gasteiger partial charge in [0.25, 0.3) is 0 Å². The molecule has 4 rings (SSSR count). The van der Waals surface area contributed by atoms with E-state index in [0.717, 1.165) is 43.7 Å². The zero-order valence-electron chi connectivity index (χ0n) is 16.7. The number of pyridine rings is 1. The van der Waals surface area contributed by atoms with E-state index in [0.29, 0.717) is 18.8 Å². The second-order valence-corrected chi connectivity index (χ2v) is 7.95. The predicted molar refractivity (Wildman–Crippen MR) is 108 cm³/mol. The Kier molecular flexibility index (Phi) is 5.67. The highest BCUT2D eigenvalue weighted by Crippen LogP contribution is 2.52. The summed E-state index contributed by atoms with van der Waals surface area (Å²) < 4.78 is 18.4. The number of rotatable bonds is 6. The van der Waals surface area contributed by atoms with Crippen molar-refractivity contribution in [2.24, 2.45) is 5.41 Å². The number of benzene rings is 1. The lowest BCUT2D eigenvalue weighted by molar-refractivity contribution is 0.109. The van der Waals surface area contributed by atoms with Crippen LogP contribution in [0.15, 0.2) is 42.6 Å². The zero-order valence-corrected chi connectivity index (χ0v) is 16.7. The quantitative estimate of drug-likeness (QED) is 0.785. The van der Waals surface area contributed by atoms with Gasteiger partial charge in [-0.15, -0.1) is 0 Å². The van der Waals surface area contributed by atoms with Crippen molar-refractivity contribution >= 4 is 6.03 Å². The number of hydrogen-bond acceptors (Lipinski definition) is 4. The number of piperidine rings is 1. The summed E-state index contributed by atoms with van der Waals surface area (Å²) in [7, 11) is 1.63. The van der Waals surface area contributed by atoms with E-state index in [9.17, 15) is 9.18 Å². The van der Waals surface area contributed by atoms with Gasteiger partial charge < -0.3 is 20.3 Å². The predicted octanol–water partition coefficient (Wildman–Crippen LogP) is 3.08. The van der Waals surface area contributed by atoms with Crippen molar-refractivity contribution < 1.29 is 13.9 Å². The first-order valence-electron chi connectivity index (χ1n) is 10.1. The van der Waals surface area contributed by atoms with Crippen molar-refractivity contribution in [2.45, 2.75) is 38.4 Å². The lowest BCUT2D eigenvalue weighted by atomic mass is 9.88. The summed E-state index contributed by atoms with van der Waals surface area (Å²) in [6.45, 7) is 2.65. The summed E-state index contributed by atoms with van der Waals surface area (Å²) in [5, 5.41) is 6.52. The van der Waals surface area contributed by atoms with Gasteiger partial charge in [0.05, 0.1) is 25.5 Å². The molecular weight excluding hydrogens is 371 g/mol. The number of carbonyl (C=O) groups is 1. The van der Waals surface area contributed by atoms with E-state index in [1.807, 2.05) is 29.2 Å². The second kappa shape index (κ2) is 8.37. The highest BCUT2D eigenvalue weighted by atomic mass is 19.1. The van der Waals surface area contributed by atoms with Crippen molar-refractivity contribution in [3.8, 4) is 5.75 Å². The Hall–Kier alpha value is -2.67. The average Bonchev–Trinajstić information content (AvgIpc) is 3.52. The molecule has 1 spiro atoms. The minimum absolute atomic E-state index is 0.106. The van der Waals surface area contributed by atoms with Gasteiger partial charge in [-0.25, -0.2) is 9.18 Å². The van der Waals surface area contributed by atoms with Crippen LogP contribution in [0.1, 0.15) is 30.5 Å². The standard InChI is InChI=1S/C22H27FN4O2/c1-29-19-6-2-16(3-7-19)12-26-21(28)27(14-18-5-4-17(23)13-25-18)20-8-11-24-15-22(20)9-10-22/h2-7,13,20,24H,8-12,14-15H2,1H3,(H,26,28). The van der Waals surface area contributed by atoms with Gasteiger partial charge in [-0.3, -0.25) is 4.98 Å². The number of hydrogen-bond donors (Lipinski definition) is 2. The van der Waals surface area contributed by atoms with Crippen molar-refractivity contribution in [1.29, 1.82) is 0 Å². The lowest BCUT2D eigenvalue weighted by Crippen LogP contribution is -2.55. The molecule has 1 aromatic heterocycles. The number of aromatic nitrogens is 1. The maximum absolute atomic E-state index is 13.3. The fourth-order valence-corrected chi connectivity index (χ4v) is 4.18. The van der Waals surface area contributed by atoms with Gasteiger partial charge in [0.1, 0.15) is 11.6 Å². The van der Waals surface area contributed by atoms with Crippen molar-refractivity contribution in [2.75, 3.05) is 20.2 Å². The first-order valence-corrected chi connectivity index (χ1v) is 10.1. The second-order valence-electron chi connectivity index (χ2n) is 7.95. The third-order valence-corrected chi connectivity index (χ3v) is 6.03. The number of nitrogens with one attached hydrogen (secondary N) is 2. The molecule has 2 amide bonds. The summed E-state index contributed by atoms with van der Waals surface area (Å²) in [5.41, 5.74) is 1.86. The minimum Gasteiger partial charge on any atom is -0.497 e. The molecule has 1 aliphatic heterocycles. The number of urea groups is 1. The molecule has 2 aromatic rings. The Bertz CT molecular complexity index is 837. The molecule has 7 heteroatoms. The van der Waals surface area contributed by atoms with Crippen LogP contribution in [0.4, 0.5) is 9.18 Å². The number of nitrogens with zero attached hydrogens (tertiary/aromatic N) is 2. The van der Waals surface area contributed by atoms with E-state index < -0.39 is 0 Å². The summed E-state index contributed by atoms with van der Waals surface area (Å²) in [6.07, 6.45) is 4.38. The van der Waals surface area contributed by atoms with Gasteiger partial charge in [0.15, 0.2) is 0 Å². The van der Waals surface area contributed by atoms with Crippen LogP contribution in [0.2, 0.25) is 0 Å². The minimum atomic E-state index is -0.371. The first-order chi connectivity index (χ1) is 14.1. The molecule has 1 atom stereocenters. The van der Waals surface area contributed by atoms with Gasteiger partial charge in [-0.1, -0.05) is 12.1 Å². The molecule has 2 N–H and O–H groups in total. The Morgan fingerprint density at radius 1 is 1.31 bits per heavy atom. The summed E-state index contributed by atoms with van der Waals surface area (Å²) in [5.74, 6) is 0.416. The molecule has 154 valence electrons. The Morgan fingerprint density at radius 2 is 2.10 bits per heavy atom. The smallest absolute Gasteiger partial charge is 0.318 e. The van der Waals surface area contributed by atoms with Gasteiger partial charge in [0, 0.05) is 24.5 Å². The third-order valence-electron chi connectivity index (χ3n) is 6.03. The van der Waals surface area contributed by atoms with Crippen LogP contribution in [0.3, 0.4) is 0 Å². The Labute approximate surface area is 170 Å². The van der Waals surface area contributed by atoms with E-state index in [1.165, 1.54) is 12.3 Å². The van der Waals surface area contributed by atoms with Crippen molar-refractivity contribution in [3.63, 3.8) is 0 Å². The molecule has 2 heterocycles. The summed E-state index contributed by atoms with van der Waals surface area (Å²) in [6, 6.07) is 10.7. The summed E-state index contributed by atoms with van der Waals surface area (Å²) >= 11 is 0. The van der Waals surface area contributed by atoms with Gasteiger partial charge in [0.2, 0.25) is 0 Å². The Balaban J connectivity index is 1.48. The molecule has 2 fully saturated rings. The van der Waals surface area contributed by atoms with Crippen molar-refractivity contribution in [1.82, 2.24) is 20.5 Å².